The highest BCUT2D eigenvalue weighted by atomic mass is 32.2. The minimum absolute atomic E-state index is 0.0625. The number of ether oxygens (including phenoxy) is 1. The molecule has 0 unspecified atom stereocenters. The van der Waals surface area contributed by atoms with Gasteiger partial charge in [-0.1, -0.05) is 24.3 Å². The standard InChI is InChI=1S/C22H21N3O5S2/c26-20(14-30-17-11-10-15-5-3-6-16(15)13-17)23-24-22(27)18-7-1-2-8-19(18)25-32(28,29)21-9-4-12-31-21/h1-2,4,7-13,25H,3,5-6,14H2,(H,23,26)(H,24,27). The third kappa shape index (κ3) is 5.09. The molecule has 0 saturated carbocycles. The minimum atomic E-state index is -3.82. The number of anilines is 1. The fraction of sp³-hybridized carbons (Fsp3) is 0.182. The van der Waals surface area contributed by atoms with Gasteiger partial charge in [-0.25, -0.2) is 8.42 Å². The molecule has 0 spiro atoms. The summed E-state index contributed by atoms with van der Waals surface area (Å²) in [6.45, 7) is -0.272. The van der Waals surface area contributed by atoms with Crippen LogP contribution in [0.5, 0.6) is 5.75 Å². The summed E-state index contributed by atoms with van der Waals surface area (Å²) in [7, 11) is -3.82. The summed E-state index contributed by atoms with van der Waals surface area (Å²) in [6, 6.07) is 15.0. The first-order valence-corrected chi connectivity index (χ1v) is 12.3. The summed E-state index contributed by atoms with van der Waals surface area (Å²) in [6.07, 6.45) is 3.19. The Bertz CT molecular complexity index is 1240. The molecule has 10 heteroatoms. The molecule has 2 amide bonds. The smallest absolute Gasteiger partial charge is 0.276 e. The Labute approximate surface area is 189 Å². The number of amides is 2. The van der Waals surface area contributed by atoms with E-state index in [1.807, 2.05) is 18.2 Å². The zero-order valence-electron chi connectivity index (χ0n) is 17.0. The molecule has 1 aliphatic carbocycles. The highest BCUT2D eigenvalue weighted by molar-refractivity contribution is 7.94. The molecule has 0 aliphatic heterocycles. The van der Waals surface area contributed by atoms with E-state index >= 15 is 0 Å². The lowest BCUT2D eigenvalue weighted by molar-refractivity contribution is -0.123. The van der Waals surface area contributed by atoms with Gasteiger partial charge in [-0.05, 0) is 66.1 Å². The predicted octanol–water partition coefficient (Wildman–Crippen LogP) is 2.88. The zero-order valence-corrected chi connectivity index (χ0v) is 18.6. The average Bonchev–Trinajstić information content (AvgIpc) is 3.48. The van der Waals surface area contributed by atoms with Crippen molar-refractivity contribution in [2.45, 2.75) is 23.5 Å². The van der Waals surface area contributed by atoms with E-state index in [2.05, 4.69) is 15.6 Å². The van der Waals surface area contributed by atoms with Gasteiger partial charge in [0.25, 0.3) is 21.8 Å². The third-order valence-corrected chi connectivity index (χ3v) is 7.69. The first-order valence-electron chi connectivity index (χ1n) is 9.91. The Morgan fingerprint density at radius 2 is 1.78 bits per heavy atom. The first-order chi connectivity index (χ1) is 15.4. The van der Waals surface area contributed by atoms with Crippen LogP contribution in [0.25, 0.3) is 0 Å². The van der Waals surface area contributed by atoms with Crippen molar-refractivity contribution in [1.82, 2.24) is 10.9 Å². The van der Waals surface area contributed by atoms with Gasteiger partial charge in [-0.3, -0.25) is 25.2 Å². The van der Waals surface area contributed by atoms with E-state index in [9.17, 15) is 18.0 Å². The number of benzene rings is 2. The van der Waals surface area contributed by atoms with Crippen LogP contribution in [-0.2, 0) is 27.7 Å². The van der Waals surface area contributed by atoms with E-state index in [4.69, 9.17) is 4.74 Å². The summed E-state index contributed by atoms with van der Waals surface area (Å²) in [5.74, 6) is -0.615. The molecule has 1 aliphatic rings. The molecule has 1 aromatic heterocycles. The maximum absolute atomic E-state index is 12.5. The molecular weight excluding hydrogens is 450 g/mol. The molecule has 0 atom stereocenters. The van der Waals surface area contributed by atoms with Gasteiger partial charge in [-0.15, -0.1) is 11.3 Å². The Hall–Kier alpha value is -3.37. The monoisotopic (exact) mass is 471 g/mol. The molecule has 4 rings (SSSR count). The van der Waals surface area contributed by atoms with E-state index in [-0.39, 0.29) is 22.1 Å². The molecule has 3 N–H and O–H groups in total. The van der Waals surface area contributed by atoms with Crippen LogP contribution in [0.2, 0.25) is 0 Å². The number of aryl methyl sites for hydroxylation is 2. The third-order valence-electron chi connectivity index (χ3n) is 4.93. The summed E-state index contributed by atoms with van der Waals surface area (Å²) in [5, 5.41) is 1.65. The lowest BCUT2D eigenvalue weighted by Crippen LogP contribution is -2.44. The normalized spacial score (nSPS) is 12.6. The van der Waals surface area contributed by atoms with Crippen LogP contribution in [0, 0.1) is 0 Å². The highest BCUT2D eigenvalue weighted by Gasteiger charge is 2.20. The summed E-state index contributed by atoms with van der Waals surface area (Å²) < 4.78 is 33.0. The number of hydrogen-bond donors (Lipinski definition) is 3. The van der Waals surface area contributed by atoms with Crippen molar-refractivity contribution in [3.8, 4) is 5.75 Å². The van der Waals surface area contributed by atoms with Crippen molar-refractivity contribution in [3.63, 3.8) is 0 Å². The first kappa shape index (κ1) is 21.8. The molecule has 1 heterocycles. The number of para-hydroxylation sites is 1. The van der Waals surface area contributed by atoms with Gasteiger partial charge in [0, 0.05) is 0 Å². The number of carbonyl (C=O) groups is 2. The lowest BCUT2D eigenvalue weighted by atomic mass is 10.1. The summed E-state index contributed by atoms with van der Waals surface area (Å²) in [5.41, 5.74) is 7.27. The fourth-order valence-electron chi connectivity index (χ4n) is 3.40. The van der Waals surface area contributed by atoms with Gasteiger partial charge in [0.05, 0.1) is 11.3 Å². The van der Waals surface area contributed by atoms with Crippen molar-refractivity contribution in [2.75, 3.05) is 11.3 Å². The predicted molar refractivity (Wildman–Crippen MR) is 121 cm³/mol. The summed E-state index contributed by atoms with van der Waals surface area (Å²) in [4.78, 5) is 24.6. The van der Waals surface area contributed by atoms with Crippen LogP contribution in [0.4, 0.5) is 5.69 Å². The van der Waals surface area contributed by atoms with Crippen molar-refractivity contribution >= 4 is 38.9 Å². The van der Waals surface area contributed by atoms with Gasteiger partial charge in [0.1, 0.15) is 9.96 Å². The van der Waals surface area contributed by atoms with Crippen LogP contribution < -0.4 is 20.3 Å². The minimum Gasteiger partial charge on any atom is -0.484 e. The van der Waals surface area contributed by atoms with E-state index in [0.717, 1.165) is 30.6 Å². The highest BCUT2D eigenvalue weighted by Crippen LogP contribution is 2.26. The number of nitrogens with one attached hydrogen (secondary N) is 3. The number of thiophene rings is 1. The van der Waals surface area contributed by atoms with Crippen molar-refractivity contribution in [2.24, 2.45) is 0 Å². The van der Waals surface area contributed by atoms with Crippen molar-refractivity contribution < 1.29 is 22.7 Å². The van der Waals surface area contributed by atoms with E-state index in [1.54, 1.807) is 23.6 Å². The Morgan fingerprint density at radius 1 is 0.969 bits per heavy atom. The van der Waals surface area contributed by atoms with Crippen LogP contribution in [-0.4, -0.2) is 26.8 Å². The molecule has 166 valence electrons. The van der Waals surface area contributed by atoms with E-state index < -0.39 is 21.8 Å². The molecule has 0 fully saturated rings. The lowest BCUT2D eigenvalue weighted by Gasteiger charge is -2.13. The fourth-order valence-corrected chi connectivity index (χ4v) is 5.47. The number of fused-ring (bicyclic) bond motifs is 1. The largest absolute Gasteiger partial charge is 0.484 e. The second-order valence-corrected chi connectivity index (χ2v) is 10.0. The molecule has 0 saturated heterocycles. The number of carbonyl (C=O) groups excluding carboxylic acids is 2. The van der Waals surface area contributed by atoms with Crippen LogP contribution >= 0.6 is 11.3 Å². The average molecular weight is 472 g/mol. The van der Waals surface area contributed by atoms with Gasteiger partial charge >= 0.3 is 0 Å². The van der Waals surface area contributed by atoms with Crippen molar-refractivity contribution in [3.05, 3.63) is 76.7 Å². The molecule has 0 radical (unpaired) electrons. The number of sulfonamides is 1. The molecule has 32 heavy (non-hydrogen) atoms. The number of hydrazine groups is 1. The Morgan fingerprint density at radius 3 is 2.59 bits per heavy atom. The van der Waals surface area contributed by atoms with Crippen molar-refractivity contribution in [1.29, 1.82) is 0 Å². The number of hydrogen-bond acceptors (Lipinski definition) is 6. The van der Waals surface area contributed by atoms with Gasteiger partial charge in [0.15, 0.2) is 6.61 Å². The van der Waals surface area contributed by atoms with Crippen LogP contribution in [0.1, 0.15) is 27.9 Å². The molecule has 3 aromatic rings. The molecular formula is C22H21N3O5S2. The maximum atomic E-state index is 12.5. The Kier molecular flexibility index (Phi) is 6.42. The molecule has 0 bridgehead atoms. The number of rotatable bonds is 7. The van der Waals surface area contributed by atoms with Crippen LogP contribution in [0.3, 0.4) is 0 Å². The van der Waals surface area contributed by atoms with Gasteiger partial charge in [-0.2, -0.15) is 0 Å². The molecule has 8 nitrogen and oxygen atoms in total. The quantitative estimate of drug-likeness (QED) is 0.459. The molecule has 2 aromatic carbocycles. The van der Waals surface area contributed by atoms with E-state index in [0.29, 0.717) is 5.75 Å². The van der Waals surface area contributed by atoms with Gasteiger partial charge < -0.3 is 4.74 Å². The maximum Gasteiger partial charge on any atom is 0.276 e. The topological polar surface area (TPSA) is 114 Å². The second-order valence-electron chi connectivity index (χ2n) is 7.16. The van der Waals surface area contributed by atoms with E-state index in [1.165, 1.54) is 29.3 Å². The Balaban J connectivity index is 1.33. The second kappa shape index (κ2) is 9.41. The van der Waals surface area contributed by atoms with Crippen LogP contribution in [0.15, 0.2) is 64.2 Å². The summed E-state index contributed by atoms with van der Waals surface area (Å²) >= 11 is 1.07. The zero-order chi connectivity index (χ0) is 22.6. The SMILES string of the molecule is O=C(COc1ccc2c(c1)CCC2)NNC(=O)c1ccccc1NS(=O)(=O)c1cccs1. The van der Waals surface area contributed by atoms with Gasteiger partial charge in [0.2, 0.25) is 0 Å².